The zero-order chi connectivity index (χ0) is 20.8. The summed E-state index contributed by atoms with van der Waals surface area (Å²) in [7, 11) is 0. The average Bonchev–Trinajstić information content (AvgIpc) is 2.80. The van der Waals surface area contributed by atoms with Crippen molar-refractivity contribution in [2.24, 2.45) is 0 Å². The van der Waals surface area contributed by atoms with Gasteiger partial charge in [-0.15, -0.1) is 0 Å². The highest BCUT2D eigenvalue weighted by Crippen LogP contribution is 2.22. The number of rotatable bonds is 7. The lowest BCUT2D eigenvalue weighted by Gasteiger charge is -2.12. The average molecular weight is 395 g/mol. The lowest BCUT2D eigenvalue weighted by Crippen LogP contribution is -1.99. The predicted molar refractivity (Wildman–Crippen MR) is 124 cm³/mol. The van der Waals surface area contributed by atoms with Crippen LogP contribution in [0.15, 0.2) is 103 Å². The number of halogens is 1. The lowest BCUT2D eigenvalue weighted by atomic mass is 9.93. The Hall–Kier alpha value is -3.19. The summed E-state index contributed by atoms with van der Waals surface area (Å²) in [6.07, 6.45) is 3.11. The molecule has 1 atom stereocenters. The van der Waals surface area contributed by atoms with Crippen molar-refractivity contribution >= 4 is 0 Å². The van der Waals surface area contributed by atoms with Crippen LogP contribution >= 0.6 is 0 Å². The molecule has 4 aromatic carbocycles. The van der Waals surface area contributed by atoms with Crippen LogP contribution in [0.2, 0.25) is 0 Å². The third-order valence-electron chi connectivity index (χ3n) is 5.77. The first-order valence-corrected chi connectivity index (χ1v) is 10.6. The van der Waals surface area contributed by atoms with Crippen LogP contribution < -0.4 is 0 Å². The molecule has 0 amide bonds. The topological polar surface area (TPSA) is 0 Å². The zero-order valence-electron chi connectivity index (χ0n) is 17.4. The monoisotopic (exact) mass is 394 g/mol. The van der Waals surface area contributed by atoms with E-state index in [-0.39, 0.29) is 5.82 Å². The molecule has 150 valence electrons. The second-order valence-corrected chi connectivity index (χ2v) is 8.04. The zero-order valence-corrected chi connectivity index (χ0v) is 17.4. The van der Waals surface area contributed by atoms with Gasteiger partial charge in [0, 0.05) is 0 Å². The summed E-state index contributed by atoms with van der Waals surface area (Å²) >= 11 is 0. The van der Waals surface area contributed by atoms with Gasteiger partial charge in [0.25, 0.3) is 0 Å². The van der Waals surface area contributed by atoms with Gasteiger partial charge in [0.2, 0.25) is 0 Å². The third kappa shape index (κ3) is 5.24. The lowest BCUT2D eigenvalue weighted by molar-refractivity contribution is 0.628. The van der Waals surface area contributed by atoms with E-state index in [1.165, 1.54) is 34.4 Å². The first kappa shape index (κ1) is 20.1. The van der Waals surface area contributed by atoms with Gasteiger partial charge in [0.15, 0.2) is 0 Å². The van der Waals surface area contributed by atoms with Crippen molar-refractivity contribution in [3.05, 3.63) is 131 Å². The van der Waals surface area contributed by atoms with Crippen molar-refractivity contribution in [1.29, 1.82) is 0 Å². The van der Waals surface area contributed by atoms with Crippen molar-refractivity contribution in [3.8, 4) is 11.1 Å². The quantitative estimate of drug-likeness (QED) is 0.302. The molecule has 0 bridgehead atoms. The second-order valence-electron chi connectivity index (χ2n) is 8.04. The van der Waals surface area contributed by atoms with Crippen molar-refractivity contribution < 1.29 is 4.39 Å². The van der Waals surface area contributed by atoms with Crippen LogP contribution in [0.3, 0.4) is 0 Å². The summed E-state index contributed by atoms with van der Waals surface area (Å²) in [5.74, 6) is 0.326. The molecule has 0 aromatic heterocycles. The molecule has 0 aliphatic carbocycles. The van der Waals surface area contributed by atoms with Gasteiger partial charge >= 0.3 is 0 Å². The first-order valence-electron chi connectivity index (χ1n) is 10.6. The maximum atomic E-state index is 13.1. The Kier molecular flexibility index (Phi) is 6.39. The Morgan fingerprint density at radius 2 is 1.03 bits per heavy atom. The molecule has 0 aliphatic heterocycles. The highest BCUT2D eigenvalue weighted by Gasteiger charge is 2.06. The van der Waals surface area contributed by atoms with E-state index in [9.17, 15) is 4.39 Å². The number of aryl methyl sites for hydroxylation is 2. The van der Waals surface area contributed by atoms with Crippen LogP contribution in [-0.4, -0.2) is 0 Å². The third-order valence-corrected chi connectivity index (χ3v) is 5.77. The van der Waals surface area contributed by atoms with Crippen LogP contribution in [0.25, 0.3) is 11.1 Å². The summed E-state index contributed by atoms with van der Waals surface area (Å²) in [6.45, 7) is 2.29. The molecular formula is C29H27F. The van der Waals surface area contributed by atoms with Gasteiger partial charge in [0.1, 0.15) is 5.82 Å². The van der Waals surface area contributed by atoms with Crippen molar-refractivity contribution in [2.75, 3.05) is 0 Å². The first-order chi connectivity index (χ1) is 14.7. The molecule has 1 heteroatoms. The van der Waals surface area contributed by atoms with E-state index in [0.717, 1.165) is 30.4 Å². The number of hydrogen-bond donors (Lipinski definition) is 0. The SMILES string of the molecule is CC(Cc1ccc(CCc2ccc(-c3ccc(F)cc3)cc2)cc1)c1ccccc1. The molecule has 0 heterocycles. The van der Waals surface area contributed by atoms with Gasteiger partial charge < -0.3 is 0 Å². The molecule has 0 saturated heterocycles. The van der Waals surface area contributed by atoms with Gasteiger partial charge in [-0.05, 0) is 70.7 Å². The Morgan fingerprint density at radius 1 is 0.567 bits per heavy atom. The van der Waals surface area contributed by atoms with Crippen LogP contribution in [0.1, 0.15) is 35.1 Å². The molecular weight excluding hydrogens is 367 g/mol. The van der Waals surface area contributed by atoms with Crippen LogP contribution in [0, 0.1) is 5.82 Å². The molecule has 0 fully saturated rings. The van der Waals surface area contributed by atoms with Gasteiger partial charge in [-0.1, -0.05) is 97.9 Å². The molecule has 30 heavy (non-hydrogen) atoms. The molecule has 0 radical (unpaired) electrons. The summed E-state index contributed by atoms with van der Waals surface area (Å²) < 4.78 is 13.1. The summed E-state index contributed by atoms with van der Waals surface area (Å²) in [5, 5.41) is 0. The van der Waals surface area contributed by atoms with Crippen molar-refractivity contribution in [2.45, 2.75) is 32.1 Å². The number of hydrogen-bond acceptors (Lipinski definition) is 0. The Morgan fingerprint density at radius 3 is 1.60 bits per heavy atom. The van der Waals surface area contributed by atoms with Crippen molar-refractivity contribution in [3.63, 3.8) is 0 Å². The Balaban J connectivity index is 1.32. The normalized spacial score (nSPS) is 11.9. The fourth-order valence-corrected chi connectivity index (χ4v) is 3.89. The number of benzene rings is 4. The molecule has 0 saturated carbocycles. The van der Waals surface area contributed by atoms with E-state index in [1.807, 2.05) is 12.1 Å². The minimum absolute atomic E-state index is 0.198. The molecule has 0 spiro atoms. The molecule has 0 N–H and O–H groups in total. The fourth-order valence-electron chi connectivity index (χ4n) is 3.89. The summed E-state index contributed by atoms with van der Waals surface area (Å²) in [6, 6.07) is 35.0. The molecule has 4 rings (SSSR count). The Bertz CT molecular complexity index is 1050. The maximum Gasteiger partial charge on any atom is 0.123 e. The van der Waals surface area contributed by atoms with E-state index in [0.29, 0.717) is 5.92 Å². The minimum atomic E-state index is -0.198. The highest BCUT2D eigenvalue weighted by atomic mass is 19.1. The molecule has 0 aliphatic rings. The largest absolute Gasteiger partial charge is 0.207 e. The highest BCUT2D eigenvalue weighted by molar-refractivity contribution is 5.63. The molecule has 1 unspecified atom stereocenters. The van der Waals surface area contributed by atoms with Crippen LogP contribution in [0.5, 0.6) is 0 Å². The Labute approximate surface area is 179 Å². The molecule has 4 aromatic rings. The smallest absolute Gasteiger partial charge is 0.123 e. The van der Waals surface area contributed by atoms with Crippen molar-refractivity contribution in [1.82, 2.24) is 0 Å². The van der Waals surface area contributed by atoms with E-state index in [4.69, 9.17) is 0 Å². The van der Waals surface area contributed by atoms with E-state index >= 15 is 0 Å². The van der Waals surface area contributed by atoms with Gasteiger partial charge in [-0.25, -0.2) is 4.39 Å². The van der Waals surface area contributed by atoms with E-state index < -0.39 is 0 Å². The predicted octanol–water partition coefficient (Wildman–Crippen LogP) is 7.62. The summed E-state index contributed by atoms with van der Waals surface area (Å²) in [5.41, 5.74) is 7.64. The van der Waals surface area contributed by atoms with Crippen LogP contribution in [-0.2, 0) is 19.3 Å². The van der Waals surface area contributed by atoms with Crippen LogP contribution in [0.4, 0.5) is 4.39 Å². The van der Waals surface area contributed by atoms with Gasteiger partial charge in [0.05, 0.1) is 0 Å². The second kappa shape index (κ2) is 9.54. The fraction of sp³-hybridized carbons (Fsp3) is 0.172. The minimum Gasteiger partial charge on any atom is -0.207 e. The van der Waals surface area contributed by atoms with E-state index in [2.05, 4.69) is 85.8 Å². The summed E-state index contributed by atoms with van der Waals surface area (Å²) in [4.78, 5) is 0. The molecule has 0 nitrogen and oxygen atoms in total. The standard InChI is InChI=1S/C29H27F/c1-22(26-5-3-2-4-6-26)21-25-11-9-23(10-12-25)7-8-24-13-15-27(16-14-24)28-17-19-29(30)20-18-28/h2-6,9-20,22H,7-8,21H2,1H3. The maximum absolute atomic E-state index is 13.1. The van der Waals surface area contributed by atoms with Gasteiger partial charge in [-0.3, -0.25) is 0 Å². The van der Waals surface area contributed by atoms with Gasteiger partial charge in [-0.2, -0.15) is 0 Å². The van der Waals surface area contributed by atoms with E-state index in [1.54, 1.807) is 0 Å².